The molecule has 0 radical (unpaired) electrons. The minimum Gasteiger partial charge on any atom is -0.507 e. The van der Waals surface area contributed by atoms with Crippen molar-refractivity contribution in [2.75, 3.05) is 14.2 Å². The molecule has 0 saturated heterocycles. The highest BCUT2D eigenvalue weighted by Crippen LogP contribution is 2.50. The van der Waals surface area contributed by atoms with E-state index in [1.165, 1.54) is 22.3 Å². The monoisotopic (exact) mass is 724 g/mol. The minimum atomic E-state index is 0.131. The predicted molar refractivity (Wildman–Crippen MR) is 229 cm³/mol. The van der Waals surface area contributed by atoms with Crippen molar-refractivity contribution in [3.05, 3.63) is 105 Å². The van der Waals surface area contributed by atoms with Crippen molar-refractivity contribution in [1.29, 1.82) is 0 Å². The van der Waals surface area contributed by atoms with E-state index in [0.29, 0.717) is 24.0 Å². The minimum absolute atomic E-state index is 0.131. The Hall–Kier alpha value is -5.36. The van der Waals surface area contributed by atoms with Gasteiger partial charge in [-0.15, -0.1) is 0 Å². The van der Waals surface area contributed by atoms with Gasteiger partial charge in [0.1, 0.15) is 23.0 Å². The third kappa shape index (κ3) is 7.39. The number of aryl methyl sites for hydroxylation is 2. The van der Waals surface area contributed by atoms with E-state index in [0.717, 1.165) is 103 Å². The molecule has 4 N–H and O–H groups in total. The molecule has 0 aliphatic rings. The summed E-state index contributed by atoms with van der Waals surface area (Å²) in [5.74, 6) is 1.88. The number of benzene rings is 4. The summed E-state index contributed by atoms with van der Waals surface area (Å²) in [7, 11) is 3.42. The summed E-state index contributed by atoms with van der Waals surface area (Å²) in [5, 5.41) is 28.0. The summed E-state index contributed by atoms with van der Waals surface area (Å²) in [6.45, 7) is 16.8. The van der Waals surface area contributed by atoms with E-state index >= 15 is 0 Å². The zero-order chi connectivity index (χ0) is 38.8. The van der Waals surface area contributed by atoms with Crippen molar-refractivity contribution in [1.82, 2.24) is 9.97 Å². The summed E-state index contributed by atoms with van der Waals surface area (Å²) in [5.41, 5.74) is 13.5. The first-order valence-corrected chi connectivity index (χ1v) is 19.1. The first-order valence-electron chi connectivity index (χ1n) is 19.1. The van der Waals surface area contributed by atoms with Crippen molar-refractivity contribution < 1.29 is 19.7 Å². The largest absolute Gasteiger partial charge is 0.507 e. The third-order valence-corrected chi connectivity index (χ3v) is 10.8. The number of allylic oxidation sites excluding steroid dienone is 8. The number of hydrogen-bond acceptors (Lipinski definition) is 4. The van der Waals surface area contributed by atoms with Gasteiger partial charge in [0.15, 0.2) is 0 Å². The number of H-pyrrole nitrogens is 2. The Balaban J connectivity index is 1.57. The Bertz CT molecular complexity index is 2330. The second-order valence-electron chi connectivity index (χ2n) is 15.4. The van der Waals surface area contributed by atoms with E-state index in [1.807, 2.05) is 38.1 Å². The van der Waals surface area contributed by atoms with Gasteiger partial charge >= 0.3 is 0 Å². The third-order valence-electron chi connectivity index (χ3n) is 10.8. The molecule has 2 aromatic heterocycles. The van der Waals surface area contributed by atoms with Crippen LogP contribution >= 0.6 is 0 Å². The molecule has 0 fully saturated rings. The maximum Gasteiger partial charge on any atom is 0.128 e. The first kappa shape index (κ1) is 38.4. The van der Waals surface area contributed by atoms with Crippen LogP contribution in [0, 0.1) is 13.8 Å². The number of hydrogen-bond donors (Lipinski definition) is 4. The Morgan fingerprint density at radius 3 is 1.30 bits per heavy atom. The molecule has 2 heterocycles. The topological polar surface area (TPSA) is 90.5 Å². The van der Waals surface area contributed by atoms with Gasteiger partial charge in [0.05, 0.1) is 47.4 Å². The molecule has 282 valence electrons. The van der Waals surface area contributed by atoms with E-state index in [2.05, 4.69) is 87.9 Å². The molecular formula is C48H56N2O4. The summed E-state index contributed by atoms with van der Waals surface area (Å²) < 4.78 is 11.8. The van der Waals surface area contributed by atoms with Crippen LogP contribution in [0.1, 0.15) is 89.5 Å². The normalized spacial score (nSPS) is 12.3. The standard InChI is InChI=1S/C48H56N2O4/c1-27(2)13-11-15-29(5)17-19-35-39(53-9)23-21-33-37-25-31(7)47(51)41(45(37)49-43(33)35)42-46-38(26-32(8)48(42)52)34-22-24-40(54-10)36(44(34)50-46)20-18-30(6)16-12-14-28(3)4/h13-14,17-18,21-26,49-52H,11-12,15-16,19-20H2,1-10H3. The van der Waals surface area contributed by atoms with Crippen LogP contribution in [0.2, 0.25) is 0 Å². The number of phenolic OH excluding ortho intramolecular Hbond substituents is 2. The van der Waals surface area contributed by atoms with Crippen LogP contribution in [0.4, 0.5) is 0 Å². The van der Waals surface area contributed by atoms with E-state index < -0.39 is 0 Å². The molecule has 6 nitrogen and oxygen atoms in total. The highest BCUT2D eigenvalue weighted by Gasteiger charge is 2.26. The molecule has 6 rings (SSSR count). The van der Waals surface area contributed by atoms with Gasteiger partial charge in [0, 0.05) is 32.7 Å². The molecule has 4 aromatic carbocycles. The number of aromatic amines is 2. The maximum atomic E-state index is 12.0. The summed E-state index contributed by atoms with van der Waals surface area (Å²) >= 11 is 0. The average molecular weight is 725 g/mol. The van der Waals surface area contributed by atoms with Crippen LogP contribution in [-0.2, 0) is 12.8 Å². The SMILES string of the molecule is COc1ccc2c([nH]c3c(-c4c(O)c(C)cc5c4[nH]c4c(CC=C(C)CCC=C(C)C)c(OC)ccc45)c(O)c(C)cc32)c1CC=C(C)CCC=C(C)C. The van der Waals surface area contributed by atoms with Gasteiger partial charge in [0.25, 0.3) is 0 Å². The number of nitrogens with one attached hydrogen (secondary N) is 2. The molecule has 0 bridgehead atoms. The molecule has 0 aliphatic heterocycles. The molecule has 6 heteroatoms. The Kier molecular flexibility index (Phi) is 11.3. The van der Waals surface area contributed by atoms with Gasteiger partial charge in [-0.05, 0) is 141 Å². The van der Waals surface area contributed by atoms with Crippen LogP contribution in [0.5, 0.6) is 23.0 Å². The maximum absolute atomic E-state index is 12.0. The Labute approximate surface area is 319 Å². The van der Waals surface area contributed by atoms with E-state index in [9.17, 15) is 10.2 Å². The van der Waals surface area contributed by atoms with E-state index in [4.69, 9.17) is 9.47 Å². The number of phenols is 2. The van der Waals surface area contributed by atoms with Crippen molar-refractivity contribution >= 4 is 43.6 Å². The average Bonchev–Trinajstić information content (AvgIpc) is 3.68. The molecule has 0 atom stereocenters. The van der Waals surface area contributed by atoms with E-state index in [-0.39, 0.29) is 11.5 Å². The number of methoxy groups -OCH3 is 2. The lowest BCUT2D eigenvalue weighted by molar-refractivity contribution is 0.411. The highest BCUT2D eigenvalue weighted by molar-refractivity contribution is 6.20. The predicted octanol–water partition coefficient (Wildman–Crippen LogP) is 13.1. The molecule has 54 heavy (non-hydrogen) atoms. The van der Waals surface area contributed by atoms with Crippen molar-refractivity contribution in [2.24, 2.45) is 0 Å². The van der Waals surface area contributed by atoms with Gasteiger partial charge in [-0.2, -0.15) is 0 Å². The van der Waals surface area contributed by atoms with Gasteiger partial charge < -0.3 is 29.7 Å². The van der Waals surface area contributed by atoms with Gasteiger partial charge in [-0.25, -0.2) is 0 Å². The van der Waals surface area contributed by atoms with Crippen molar-refractivity contribution in [2.45, 2.75) is 93.9 Å². The molecule has 0 unspecified atom stereocenters. The van der Waals surface area contributed by atoms with Crippen LogP contribution in [0.25, 0.3) is 54.7 Å². The van der Waals surface area contributed by atoms with Crippen LogP contribution in [0.15, 0.2) is 83.0 Å². The Morgan fingerprint density at radius 2 is 0.944 bits per heavy atom. The smallest absolute Gasteiger partial charge is 0.128 e. The first-order chi connectivity index (χ1) is 25.8. The lowest BCUT2D eigenvalue weighted by atomic mass is 9.93. The number of ether oxygens (including phenoxy) is 2. The summed E-state index contributed by atoms with van der Waals surface area (Å²) in [4.78, 5) is 7.47. The Morgan fingerprint density at radius 1 is 0.556 bits per heavy atom. The number of fused-ring (bicyclic) bond motifs is 6. The molecule has 0 aliphatic carbocycles. The summed E-state index contributed by atoms with van der Waals surface area (Å²) in [6, 6.07) is 12.3. The molecule has 0 saturated carbocycles. The molecular weight excluding hydrogens is 669 g/mol. The van der Waals surface area contributed by atoms with Crippen LogP contribution in [-0.4, -0.2) is 34.4 Å². The zero-order valence-corrected chi connectivity index (χ0v) is 33.7. The number of aromatic hydroxyl groups is 2. The number of aromatic nitrogens is 2. The van der Waals surface area contributed by atoms with E-state index in [1.54, 1.807) is 14.2 Å². The van der Waals surface area contributed by atoms with Crippen molar-refractivity contribution in [3.63, 3.8) is 0 Å². The van der Waals surface area contributed by atoms with Crippen LogP contribution in [0.3, 0.4) is 0 Å². The second-order valence-corrected chi connectivity index (χ2v) is 15.4. The number of rotatable bonds is 13. The highest BCUT2D eigenvalue weighted by atomic mass is 16.5. The molecule has 6 aromatic rings. The van der Waals surface area contributed by atoms with Gasteiger partial charge in [-0.1, -0.05) is 46.6 Å². The molecule has 0 amide bonds. The van der Waals surface area contributed by atoms with Crippen molar-refractivity contribution in [3.8, 4) is 34.1 Å². The fourth-order valence-electron chi connectivity index (χ4n) is 7.75. The van der Waals surface area contributed by atoms with Crippen LogP contribution < -0.4 is 9.47 Å². The lowest BCUT2D eigenvalue weighted by Crippen LogP contribution is -1.93. The van der Waals surface area contributed by atoms with Gasteiger partial charge in [0.2, 0.25) is 0 Å². The fourth-order valence-corrected chi connectivity index (χ4v) is 7.75. The quantitative estimate of drug-likeness (QED) is 0.0893. The lowest BCUT2D eigenvalue weighted by Gasteiger charge is -2.14. The fraction of sp³-hybridized carbons (Fsp3) is 0.333. The zero-order valence-electron chi connectivity index (χ0n) is 33.7. The second kappa shape index (κ2) is 15.9. The summed E-state index contributed by atoms with van der Waals surface area (Å²) in [6.07, 6.45) is 14.6. The molecule has 0 spiro atoms. The van der Waals surface area contributed by atoms with Gasteiger partial charge in [-0.3, -0.25) is 0 Å².